The van der Waals surface area contributed by atoms with Crippen LogP contribution in [0.3, 0.4) is 0 Å². The lowest BCUT2D eigenvalue weighted by Crippen LogP contribution is -2.23. The fraction of sp³-hybridized carbons (Fsp3) is 0.571. The van der Waals surface area contributed by atoms with Crippen LogP contribution >= 0.6 is 0 Å². The van der Waals surface area contributed by atoms with E-state index in [9.17, 15) is 5.11 Å². The first-order valence-corrected chi connectivity index (χ1v) is 5.72. The number of hydrogen-bond donors (Lipinski definition) is 1. The molecule has 0 amide bonds. The predicted octanol–water partition coefficient (Wildman–Crippen LogP) is 3.45. The van der Waals surface area contributed by atoms with E-state index >= 15 is 0 Å². The second-order valence-electron chi connectivity index (χ2n) is 4.62. The maximum atomic E-state index is 10.00. The fourth-order valence-electron chi connectivity index (χ4n) is 1.26. The molecule has 0 fully saturated rings. The Morgan fingerprint density at radius 1 is 1.44 bits per heavy atom. The summed E-state index contributed by atoms with van der Waals surface area (Å²) in [5, 5.41) is 10.00. The summed E-state index contributed by atoms with van der Waals surface area (Å²) in [6.45, 7) is 13.9. The van der Waals surface area contributed by atoms with Crippen molar-refractivity contribution in [2.24, 2.45) is 5.92 Å². The molecule has 2 nitrogen and oxygen atoms in total. The van der Waals surface area contributed by atoms with E-state index in [1.54, 1.807) is 13.8 Å². The molecule has 0 aromatic rings. The third kappa shape index (κ3) is 5.76. The maximum Gasteiger partial charge on any atom is 0.118 e. The molecule has 0 aliphatic carbocycles. The minimum Gasteiger partial charge on any atom is -0.494 e. The van der Waals surface area contributed by atoms with Gasteiger partial charge in [-0.15, -0.1) is 0 Å². The largest absolute Gasteiger partial charge is 0.494 e. The molecule has 0 aliphatic rings. The Balaban J connectivity index is 4.89. The molecule has 0 saturated carbocycles. The predicted molar refractivity (Wildman–Crippen MR) is 69.1 cm³/mol. The molecule has 0 aromatic heterocycles. The van der Waals surface area contributed by atoms with Gasteiger partial charge in [0, 0.05) is 5.57 Å². The van der Waals surface area contributed by atoms with Crippen molar-refractivity contribution in [2.45, 2.75) is 40.2 Å². The molecule has 0 saturated heterocycles. The summed E-state index contributed by atoms with van der Waals surface area (Å²) >= 11 is 0. The lowest BCUT2D eigenvalue weighted by molar-refractivity contribution is 0.107. The van der Waals surface area contributed by atoms with Crippen LogP contribution in [0, 0.1) is 5.92 Å². The van der Waals surface area contributed by atoms with Crippen LogP contribution in [0.1, 0.15) is 34.6 Å². The number of hydrogen-bond acceptors (Lipinski definition) is 2. The Morgan fingerprint density at radius 3 is 2.38 bits per heavy atom. The first kappa shape index (κ1) is 15.0. The lowest BCUT2D eigenvalue weighted by Gasteiger charge is -2.23. The third-order valence-electron chi connectivity index (χ3n) is 2.04. The zero-order valence-corrected chi connectivity index (χ0v) is 11.1. The second kappa shape index (κ2) is 6.54. The van der Waals surface area contributed by atoms with Crippen molar-refractivity contribution >= 4 is 0 Å². The molecule has 16 heavy (non-hydrogen) atoms. The van der Waals surface area contributed by atoms with Crippen LogP contribution < -0.4 is 0 Å². The van der Waals surface area contributed by atoms with Gasteiger partial charge in [0.2, 0.25) is 0 Å². The first-order valence-electron chi connectivity index (χ1n) is 5.72. The monoisotopic (exact) mass is 224 g/mol. The van der Waals surface area contributed by atoms with Gasteiger partial charge in [0.25, 0.3) is 0 Å². The number of aliphatic hydroxyl groups is 1. The average molecular weight is 224 g/mol. The average Bonchev–Trinajstić information content (AvgIpc) is 2.10. The van der Waals surface area contributed by atoms with E-state index in [1.165, 1.54) is 0 Å². The summed E-state index contributed by atoms with van der Waals surface area (Å²) in [4.78, 5) is 0. The van der Waals surface area contributed by atoms with Crippen LogP contribution in [0.25, 0.3) is 0 Å². The van der Waals surface area contributed by atoms with E-state index in [1.807, 2.05) is 19.1 Å². The molecule has 0 rings (SSSR count). The molecule has 0 unspecified atom stereocenters. The van der Waals surface area contributed by atoms with Crippen molar-refractivity contribution in [3.8, 4) is 0 Å². The highest BCUT2D eigenvalue weighted by atomic mass is 16.5. The number of allylic oxidation sites excluding steroid dienone is 3. The van der Waals surface area contributed by atoms with Crippen molar-refractivity contribution in [3.63, 3.8) is 0 Å². The zero-order chi connectivity index (χ0) is 12.8. The van der Waals surface area contributed by atoms with Gasteiger partial charge in [-0.25, -0.2) is 0 Å². The summed E-state index contributed by atoms with van der Waals surface area (Å²) in [5.41, 5.74) is -0.223. The minimum absolute atomic E-state index is 0.486. The SMILES string of the molecule is C=C(OCC)C(=CC=CC(C)C)C(C)(C)O. The highest BCUT2D eigenvalue weighted by Crippen LogP contribution is 2.23. The van der Waals surface area contributed by atoms with Gasteiger partial charge in [0.1, 0.15) is 5.76 Å². The molecular weight excluding hydrogens is 200 g/mol. The van der Waals surface area contributed by atoms with Gasteiger partial charge in [-0.2, -0.15) is 0 Å². The Morgan fingerprint density at radius 2 is 2.00 bits per heavy atom. The third-order valence-corrected chi connectivity index (χ3v) is 2.04. The van der Waals surface area contributed by atoms with E-state index in [2.05, 4.69) is 26.5 Å². The molecule has 1 N–H and O–H groups in total. The second-order valence-corrected chi connectivity index (χ2v) is 4.62. The summed E-state index contributed by atoms with van der Waals surface area (Å²) in [7, 11) is 0. The van der Waals surface area contributed by atoms with Gasteiger partial charge in [-0.1, -0.05) is 38.7 Å². The topological polar surface area (TPSA) is 29.5 Å². The summed E-state index contributed by atoms with van der Waals surface area (Å²) in [6, 6.07) is 0. The molecule has 0 aromatic carbocycles. The summed E-state index contributed by atoms with van der Waals surface area (Å²) in [6.07, 6.45) is 5.85. The Labute approximate surface area is 99.3 Å². The van der Waals surface area contributed by atoms with Crippen LogP contribution in [0.4, 0.5) is 0 Å². The van der Waals surface area contributed by atoms with Crippen molar-refractivity contribution in [2.75, 3.05) is 6.61 Å². The summed E-state index contributed by atoms with van der Waals surface area (Å²) in [5.74, 6) is 1.02. The van der Waals surface area contributed by atoms with E-state index in [4.69, 9.17) is 4.74 Å². The lowest BCUT2D eigenvalue weighted by atomic mass is 9.96. The van der Waals surface area contributed by atoms with Crippen LogP contribution in [0.2, 0.25) is 0 Å². The standard InChI is InChI=1S/C14H24O2/c1-7-16-12(4)13(14(5,6)15)10-8-9-11(2)3/h8-11,15H,4,7H2,1-3,5-6H3. The van der Waals surface area contributed by atoms with E-state index in [-0.39, 0.29) is 0 Å². The van der Waals surface area contributed by atoms with Crippen molar-refractivity contribution in [3.05, 3.63) is 36.1 Å². The smallest absolute Gasteiger partial charge is 0.118 e. The van der Waals surface area contributed by atoms with Gasteiger partial charge in [-0.05, 0) is 26.7 Å². The molecule has 0 atom stereocenters. The van der Waals surface area contributed by atoms with Gasteiger partial charge in [-0.3, -0.25) is 0 Å². The quantitative estimate of drug-likeness (QED) is 0.553. The van der Waals surface area contributed by atoms with E-state index in [0.717, 1.165) is 0 Å². The van der Waals surface area contributed by atoms with Gasteiger partial charge in [0.15, 0.2) is 0 Å². The van der Waals surface area contributed by atoms with Crippen molar-refractivity contribution < 1.29 is 9.84 Å². The molecule has 0 radical (unpaired) electrons. The number of ether oxygens (including phenoxy) is 1. The first-order chi connectivity index (χ1) is 7.29. The van der Waals surface area contributed by atoms with Crippen molar-refractivity contribution in [1.29, 1.82) is 0 Å². The normalized spacial score (nSPS) is 13.6. The van der Waals surface area contributed by atoms with Gasteiger partial charge < -0.3 is 9.84 Å². The maximum absolute atomic E-state index is 10.00. The Bertz CT molecular complexity index is 278. The van der Waals surface area contributed by atoms with Crippen molar-refractivity contribution in [1.82, 2.24) is 0 Å². The Hall–Kier alpha value is -1.02. The van der Waals surface area contributed by atoms with E-state index in [0.29, 0.717) is 23.9 Å². The summed E-state index contributed by atoms with van der Waals surface area (Å²) < 4.78 is 5.33. The minimum atomic E-state index is -0.937. The van der Waals surface area contributed by atoms with Gasteiger partial charge in [0.05, 0.1) is 12.2 Å². The van der Waals surface area contributed by atoms with Crippen LogP contribution in [0.5, 0.6) is 0 Å². The fourth-order valence-corrected chi connectivity index (χ4v) is 1.26. The highest BCUT2D eigenvalue weighted by Gasteiger charge is 2.22. The van der Waals surface area contributed by atoms with Gasteiger partial charge >= 0.3 is 0 Å². The molecule has 2 heteroatoms. The van der Waals surface area contributed by atoms with E-state index < -0.39 is 5.60 Å². The highest BCUT2D eigenvalue weighted by molar-refractivity contribution is 5.34. The molecule has 92 valence electrons. The van der Waals surface area contributed by atoms with Crippen LogP contribution in [-0.4, -0.2) is 17.3 Å². The molecule has 0 bridgehead atoms. The zero-order valence-electron chi connectivity index (χ0n) is 11.1. The van der Waals surface area contributed by atoms with Crippen LogP contribution in [0.15, 0.2) is 36.1 Å². The molecule has 0 aliphatic heterocycles. The molecule has 0 spiro atoms. The molecular formula is C14H24O2. The van der Waals surface area contributed by atoms with Crippen LogP contribution in [-0.2, 0) is 4.74 Å². The Kier molecular flexibility index (Phi) is 6.12. The number of rotatable bonds is 6. The molecule has 0 heterocycles.